The molecule has 228 valence electrons. The number of aliphatic carboxylic acids is 1. The van der Waals surface area contributed by atoms with Crippen molar-refractivity contribution in [3.8, 4) is 0 Å². The van der Waals surface area contributed by atoms with E-state index in [1.54, 1.807) is 0 Å². The van der Waals surface area contributed by atoms with Gasteiger partial charge in [-0.15, -0.1) is 0 Å². The zero-order chi connectivity index (χ0) is 28.9. The Kier molecular flexibility index (Phi) is 13.6. The molecular weight excluding hydrogens is 566 g/mol. The highest BCUT2D eigenvalue weighted by molar-refractivity contribution is 7.80. The smallest absolute Gasteiger partial charge is 0.303 e. The second kappa shape index (κ2) is 17.4. The summed E-state index contributed by atoms with van der Waals surface area (Å²) < 4.78 is 31.1. The van der Waals surface area contributed by atoms with Crippen LogP contribution in [0, 0.1) is 11.8 Å². The monoisotopic (exact) mass is 609 g/mol. The summed E-state index contributed by atoms with van der Waals surface area (Å²) >= 11 is 11.6. The molecule has 0 amide bonds. The molecule has 6 atom stereocenters. The Labute approximate surface area is 254 Å². The highest BCUT2D eigenvalue weighted by Gasteiger charge is 2.46. The average Bonchev–Trinajstić information content (AvgIpc) is 3.28. The Morgan fingerprint density at radius 3 is 2.39 bits per heavy atom. The lowest BCUT2D eigenvalue weighted by molar-refractivity contribution is -0.204. The Bertz CT molecular complexity index is 983. The van der Waals surface area contributed by atoms with Crippen molar-refractivity contribution < 1.29 is 33.6 Å². The Hall–Kier alpha value is -1.75. The predicted octanol–water partition coefficient (Wildman–Crippen LogP) is 6.39. The minimum Gasteiger partial charge on any atom is -0.481 e. The molecule has 1 saturated carbocycles. The van der Waals surface area contributed by atoms with Gasteiger partial charge < -0.3 is 34.1 Å². The highest BCUT2D eigenvalue weighted by atomic mass is 35.5. The molecule has 8 nitrogen and oxygen atoms in total. The average molecular weight is 610 g/mol. The summed E-state index contributed by atoms with van der Waals surface area (Å²) in [6.07, 6.45) is 12.7. The molecule has 2 unspecified atom stereocenters. The third-order valence-electron chi connectivity index (χ3n) is 7.97. The quantitative estimate of drug-likeness (QED) is 0.141. The molecule has 1 aromatic carbocycles. The molecule has 4 rings (SSSR count). The predicted molar refractivity (Wildman–Crippen MR) is 161 cm³/mol. The van der Waals surface area contributed by atoms with Crippen LogP contribution in [0.3, 0.4) is 0 Å². The molecular formula is C31H44ClNO7S. The van der Waals surface area contributed by atoms with Crippen LogP contribution in [0.25, 0.3) is 0 Å². The van der Waals surface area contributed by atoms with E-state index in [9.17, 15) is 4.79 Å². The molecule has 2 saturated heterocycles. The molecule has 0 radical (unpaired) electrons. The molecule has 41 heavy (non-hydrogen) atoms. The molecule has 2 N–H and O–H groups in total. The third kappa shape index (κ3) is 11.1. The fraction of sp³-hybridized carbons (Fsp3) is 0.677. The van der Waals surface area contributed by atoms with Crippen LogP contribution >= 0.6 is 23.8 Å². The zero-order valence-electron chi connectivity index (χ0n) is 23.7. The van der Waals surface area contributed by atoms with Crippen molar-refractivity contribution in [2.75, 3.05) is 19.8 Å². The zero-order valence-corrected chi connectivity index (χ0v) is 25.3. The van der Waals surface area contributed by atoms with Crippen LogP contribution in [-0.4, -0.2) is 60.9 Å². The lowest BCUT2D eigenvalue weighted by Crippen LogP contribution is -2.35. The fourth-order valence-corrected chi connectivity index (χ4v) is 6.17. The van der Waals surface area contributed by atoms with Gasteiger partial charge in [-0.2, -0.15) is 0 Å². The van der Waals surface area contributed by atoms with Gasteiger partial charge in [0.2, 0.25) is 0 Å². The van der Waals surface area contributed by atoms with Crippen LogP contribution in [0.1, 0.15) is 76.2 Å². The first-order valence-electron chi connectivity index (χ1n) is 15.0. The standard InChI is InChI=1S/C31H44ClNO7S/c32-23-11-9-10-22(18-23)20-33-31(41)38-21-25-24(12-3-1-2-4-13-28(34)35)26(39-29-14-5-7-16-36-29)19-27(25)40-30-15-6-8-17-37-30/h1,3,9-11,18,24-27,29-30H,2,4-8,12-17,19-21H2,(H,33,41)(H,34,35)/t24-,25-,26-,27-,29?,30?/m0/s1. The van der Waals surface area contributed by atoms with E-state index >= 15 is 0 Å². The number of carboxylic acids is 1. The lowest BCUT2D eigenvalue weighted by atomic mass is 9.90. The number of carbonyl (C=O) groups is 1. The number of carboxylic acid groups (broad SMARTS) is 1. The van der Waals surface area contributed by atoms with Gasteiger partial charge in [0, 0.05) is 43.5 Å². The molecule has 1 aromatic rings. The topological polar surface area (TPSA) is 95.5 Å². The van der Waals surface area contributed by atoms with Crippen molar-refractivity contribution in [3.05, 3.63) is 47.0 Å². The number of nitrogens with one attached hydrogen (secondary N) is 1. The lowest BCUT2D eigenvalue weighted by Gasteiger charge is -2.31. The minimum atomic E-state index is -0.766. The molecule has 10 heteroatoms. The summed E-state index contributed by atoms with van der Waals surface area (Å²) in [5, 5.41) is 13.1. The van der Waals surface area contributed by atoms with E-state index in [1.165, 1.54) is 0 Å². The Balaban J connectivity index is 1.42. The molecule has 0 aromatic heterocycles. The van der Waals surface area contributed by atoms with Gasteiger partial charge in [0.25, 0.3) is 5.17 Å². The van der Waals surface area contributed by atoms with Crippen molar-refractivity contribution >= 4 is 35.0 Å². The normalized spacial score (nSPS) is 28.5. The maximum Gasteiger partial charge on any atom is 0.303 e. The van der Waals surface area contributed by atoms with Crippen molar-refractivity contribution in [2.24, 2.45) is 11.8 Å². The van der Waals surface area contributed by atoms with Crippen molar-refractivity contribution in [1.29, 1.82) is 0 Å². The number of unbranched alkanes of at least 4 members (excludes halogenated alkanes) is 1. The van der Waals surface area contributed by atoms with Gasteiger partial charge >= 0.3 is 5.97 Å². The summed E-state index contributed by atoms with van der Waals surface area (Å²) in [5.74, 6) is -0.610. The summed E-state index contributed by atoms with van der Waals surface area (Å²) in [6.45, 7) is 2.35. The van der Waals surface area contributed by atoms with Gasteiger partial charge in [-0.25, -0.2) is 0 Å². The number of hydrogen-bond donors (Lipinski definition) is 2. The SMILES string of the molecule is O=C(O)CCCC=CC[C@H]1[C@H](COC(=S)NCc2cccc(Cl)c2)[C@@H](OC2CCCCO2)C[C@@H]1OC1CCCCO1. The van der Waals surface area contributed by atoms with E-state index in [4.69, 9.17) is 52.6 Å². The van der Waals surface area contributed by atoms with E-state index in [-0.39, 0.29) is 43.0 Å². The molecule has 0 spiro atoms. The van der Waals surface area contributed by atoms with E-state index in [0.29, 0.717) is 36.4 Å². The van der Waals surface area contributed by atoms with Gasteiger partial charge in [-0.3, -0.25) is 4.79 Å². The van der Waals surface area contributed by atoms with E-state index in [0.717, 1.165) is 70.0 Å². The first kappa shape index (κ1) is 32.2. The van der Waals surface area contributed by atoms with Crippen LogP contribution in [-0.2, 0) is 35.0 Å². The van der Waals surface area contributed by atoms with Gasteiger partial charge in [0.05, 0.1) is 18.8 Å². The summed E-state index contributed by atoms with van der Waals surface area (Å²) in [7, 11) is 0. The number of ether oxygens (including phenoxy) is 5. The first-order chi connectivity index (χ1) is 20.0. The van der Waals surface area contributed by atoms with Gasteiger partial charge in [-0.05, 0) is 93.6 Å². The molecule has 1 aliphatic carbocycles. The Morgan fingerprint density at radius 1 is 1.05 bits per heavy atom. The summed E-state index contributed by atoms with van der Waals surface area (Å²) in [6, 6.07) is 7.64. The van der Waals surface area contributed by atoms with Crippen LogP contribution in [0.5, 0.6) is 0 Å². The molecule has 2 aliphatic heterocycles. The van der Waals surface area contributed by atoms with Crippen molar-refractivity contribution in [1.82, 2.24) is 5.32 Å². The number of benzene rings is 1. The number of allylic oxidation sites excluding steroid dienone is 2. The number of rotatable bonds is 14. The maximum atomic E-state index is 10.9. The minimum absolute atomic E-state index is 0.0312. The highest BCUT2D eigenvalue weighted by Crippen LogP contribution is 2.41. The van der Waals surface area contributed by atoms with Gasteiger partial charge in [0.15, 0.2) is 12.6 Å². The number of hydrogen-bond acceptors (Lipinski definition) is 7. The number of thiocarbonyl (C=S) groups is 1. The molecule has 3 fully saturated rings. The van der Waals surface area contributed by atoms with Gasteiger partial charge in [0.1, 0.15) is 0 Å². The summed E-state index contributed by atoms with van der Waals surface area (Å²) in [4.78, 5) is 10.9. The molecule has 0 bridgehead atoms. The second-order valence-electron chi connectivity index (χ2n) is 11.1. The van der Waals surface area contributed by atoms with Crippen molar-refractivity contribution in [2.45, 2.75) is 102 Å². The number of halogens is 1. The Morgan fingerprint density at radius 2 is 1.76 bits per heavy atom. The van der Waals surface area contributed by atoms with Crippen LogP contribution in [0.4, 0.5) is 0 Å². The van der Waals surface area contributed by atoms with E-state index in [1.807, 2.05) is 24.3 Å². The fourth-order valence-electron chi connectivity index (χ4n) is 5.81. The third-order valence-corrected chi connectivity index (χ3v) is 8.46. The second-order valence-corrected chi connectivity index (χ2v) is 11.9. The molecule has 2 heterocycles. The van der Waals surface area contributed by atoms with Crippen LogP contribution in [0.2, 0.25) is 5.02 Å². The van der Waals surface area contributed by atoms with Gasteiger partial charge in [-0.1, -0.05) is 35.9 Å². The molecule has 3 aliphatic rings. The summed E-state index contributed by atoms with van der Waals surface area (Å²) in [5.41, 5.74) is 1.02. The van der Waals surface area contributed by atoms with E-state index < -0.39 is 5.97 Å². The first-order valence-corrected chi connectivity index (χ1v) is 15.8. The van der Waals surface area contributed by atoms with Crippen molar-refractivity contribution in [3.63, 3.8) is 0 Å². The largest absolute Gasteiger partial charge is 0.481 e. The van der Waals surface area contributed by atoms with Crippen LogP contribution < -0.4 is 5.32 Å². The maximum absolute atomic E-state index is 10.9. The van der Waals surface area contributed by atoms with E-state index in [2.05, 4.69) is 17.5 Å². The van der Waals surface area contributed by atoms with Crippen LogP contribution in [0.15, 0.2) is 36.4 Å².